The number of hydrogen-bond acceptors (Lipinski definition) is 3. The van der Waals surface area contributed by atoms with Crippen LogP contribution in [0.4, 0.5) is 10.1 Å². The Balaban J connectivity index is 1.77. The van der Waals surface area contributed by atoms with E-state index in [4.69, 9.17) is 4.42 Å². The number of para-hydroxylation sites is 1. The van der Waals surface area contributed by atoms with E-state index < -0.39 is 5.82 Å². The monoisotopic (exact) mass is 281 g/mol. The molecular formula is C17H12FNO2. The van der Waals surface area contributed by atoms with Gasteiger partial charge in [0.25, 0.3) is 0 Å². The summed E-state index contributed by atoms with van der Waals surface area (Å²) in [5.74, 6) is -0.508. The first kappa shape index (κ1) is 12.1. The molecule has 1 aliphatic rings. The summed E-state index contributed by atoms with van der Waals surface area (Å²) in [5.41, 5.74) is 2.89. The van der Waals surface area contributed by atoms with E-state index in [0.29, 0.717) is 10.9 Å². The topological polar surface area (TPSA) is 42.2 Å². The Labute approximate surface area is 120 Å². The number of rotatable bonds is 2. The standard InChI is InChI=1S/C17H12FNO2/c18-13-3-1-2-12-9-15(21-17(12)13)16(20)11-4-5-14-10(8-11)6-7-19-14/h1-5,8-9,19H,6-7H2. The van der Waals surface area contributed by atoms with Gasteiger partial charge in [-0.3, -0.25) is 4.79 Å². The van der Waals surface area contributed by atoms with Crippen molar-refractivity contribution in [2.75, 3.05) is 11.9 Å². The van der Waals surface area contributed by atoms with Crippen molar-refractivity contribution in [3.05, 3.63) is 65.2 Å². The van der Waals surface area contributed by atoms with E-state index in [0.717, 1.165) is 24.2 Å². The molecule has 1 N–H and O–H groups in total. The molecule has 2 aromatic carbocycles. The molecule has 0 saturated carbocycles. The molecule has 4 heteroatoms. The molecule has 4 rings (SSSR count). The highest BCUT2D eigenvalue weighted by Crippen LogP contribution is 2.27. The van der Waals surface area contributed by atoms with Crippen molar-refractivity contribution in [1.82, 2.24) is 0 Å². The van der Waals surface area contributed by atoms with Crippen LogP contribution < -0.4 is 5.32 Å². The molecule has 0 unspecified atom stereocenters. The van der Waals surface area contributed by atoms with Crippen molar-refractivity contribution in [1.29, 1.82) is 0 Å². The molecule has 1 aliphatic heterocycles. The van der Waals surface area contributed by atoms with Gasteiger partial charge in [-0.05, 0) is 42.3 Å². The molecule has 3 nitrogen and oxygen atoms in total. The van der Waals surface area contributed by atoms with Gasteiger partial charge in [-0.1, -0.05) is 12.1 Å². The van der Waals surface area contributed by atoms with Crippen LogP contribution in [0, 0.1) is 5.82 Å². The molecule has 0 bridgehead atoms. The molecule has 0 aliphatic carbocycles. The second-order valence-electron chi connectivity index (χ2n) is 5.15. The van der Waals surface area contributed by atoms with E-state index in [-0.39, 0.29) is 17.1 Å². The average Bonchev–Trinajstić information content (AvgIpc) is 3.12. The Hall–Kier alpha value is -2.62. The number of benzene rings is 2. The first-order chi connectivity index (χ1) is 10.2. The summed E-state index contributed by atoms with van der Waals surface area (Å²) in [6.45, 7) is 0.892. The zero-order chi connectivity index (χ0) is 14.4. The minimum atomic E-state index is -0.454. The van der Waals surface area contributed by atoms with Gasteiger partial charge in [0.2, 0.25) is 5.78 Å². The molecule has 0 radical (unpaired) electrons. The van der Waals surface area contributed by atoms with E-state index in [1.54, 1.807) is 24.3 Å². The number of carbonyl (C=O) groups is 1. The molecule has 0 fully saturated rings. The Morgan fingerprint density at radius 3 is 2.95 bits per heavy atom. The highest BCUT2D eigenvalue weighted by atomic mass is 19.1. The normalized spacial score (nSPS) is 13.2. The van der Waals surface area contributed by atoms with Crippen LogP contribution in [0.15, 0.2) is 46.9 Å². The number of furan rings is 1. The van der Waals surface area contributed by atoms with Gasteiger partial charge in [-0.25, -0.2) is 4.39 Å². The van der Waals surface area contributed by atoms with Crippen LogP contribution in [0.2, 0.25) is 0 Å². The van der Waals surface area contributed by atoms with E-state index in [1.165, 1.54) is 6.07 Å². The molecule has 0 spiro atoms. The van der Waals surface area contributed by atoms with Gasteiger partial charge in [-0.2, -0.15) is 0 Å². The van der Waals surface area contributed by atoms with Crippen molar-refractivity contribution in [3.63, 3.8) is 0 Å². The summed E-state index contributed by atoms with van der Waals surface area (Å²) in [7, 11) is 0. The third-order valence-corrected chi connectivity index (χ3v) is 3.80. The molecule has 104 valence electrons. The van der Waals surface area contributed by atoms with Gasteiger partial charge in [0, 0.05) is 23.2 Å². The number of anilines is 1. The number of fused-ring (bicyclic) bond motifs is 2. The molecule has 0 atom stereocenters. The maximum Gasteiger partial charge on any atom is 0.228 e. The number of hydrogen-bond donors (Lipinski definition) is 1. The van der Waals surface area contributed by atoms with E-state index >= 15 is 0 Å². The summed E-state index contributed by atoms with van der Waals surface area (Å²) in [5, 5.41) is 3.85. The predicted octanol–water partition coefficient (Wildman–Crippen LogP) is 3.77. The van der Waals surface area contributed by atoms with E-state index in [2.05, 4.69) is 5.32 Å². The zero-order valence-corrected chi connectivity index (χ0v) is 11.2. The number of carbonyl (C=O) groups excluding carboxylic acids is 1. The SMILES string of the molecule is O=C(c1ccc2c(c1)CCN2)c1cc2cccc(F)c2o1. The lowest BCUT2D eigenvalue weighted by Crippen LogP contribution is -2.00. The fraction of sp³-hybridized carbons (Fsp3) is 0.118. The van der Waals surface area contributed by atoms with Crippen molar-refractivity contribution in [2.45, 2.75) is 6.42 Å². The van der Waals surface area contributed by atoms with Gasteiger partial charge < -0.3 is 9.73 Å². The molecule has 0 saturated heterocycles. The fourth-order valence-corrected chi connectivity index (χ4v) is 2.73. The van der Waals surface area contributed by atoms with Crippen LogP contribution in [0.5, 0.6) is 0 Å². The first-order valence-corrected chi connectivity index (χ1v) is 6.82. The van der Waals surface area contributed by atoms with Gasteiger partial charge in [0.1, 0.15) is 0 Å². The number of ketones is 1. The molecule has 0 amide bonds. The Bertz CT molecular complexity index is 866. The minimum Gasteiger partial charge on any atom is -0.449 e. The van der Waals surface area contributed by atoms with Crippen molar-refractivity contribution < 1.29 is 13.6 Å². The van der Waals surface area contributed by atoms with Crippen LogP contribution in [0.3, 0.4) is 0 Å². The van der Waals surface area contributed by atoms with Crippen molar-refractivity contribution in [3.8, 4) is 0 Å². The molecule has 3 aromatic rings. The lowest BCUT2D eigenvalue weighted by atomic mass is 10.0. The van der Waals surface area contributed by atoms with Crippen LogP contribution in [0.25, 0.3) is 11.0 Å². The van der Waals surface area contributed by atoms with Crippen molar-refractivity contribution in [2.24, 2.45) is 0 Å². The highest BCUT2D eigenvalue weighted by molar-refractivity contribution is 6.09. The maximum absolute atomic E-state index is 13.6. The molecular weight excluding hydrogens is 269 g/mol. The summed E-state index contributed by atoms with van der Waals surface area (Å²) in [4.78, 5) is 12.5. The summed E-state index contributed by atoms with van der Waals surface area (Å²) in [6.07, 6.45) is 0.908. The van der Waals surface area contributed by atoms with Crippen molar-refractivity contribution >= 4 is 22.4 Å². The average molecular weight is 281 g/mol. The molecule has 21 heavy (non-hydrogen) atoms. The second kappa shape index (κ2) is 4.45. The molecule has 2 heterocycles. The zero-order valence-electron chi connectivity index (χ0n) is 11.2. The van der Waals surface area contributed by atoms with Crippen LogP contribution in [-0.4, -0.2) is 12.3 Å². The molecule has 1 aromatic heterocycles. The van der Waals surface area contributed by atoms with Gasteiger partial charge >= 0.3 is 0 Å². The fourth-order valence-electron chi connectivity index (χ4n) is 2.73. The number of halogens is 1. The second-order valence-corrected chi connectivity index (χ2v) is 5.15. The van der Waals surface area contributed by atoms with E-state index in [1.807, 2.05) is 12.1 Å². The lowest BCUT2D eigenvalue weighted by Gasteiger charge is -2.02. The van der Waals surface area contributed by atoms with Crippen LogP contribution >= 0.6 is 0 Å². The number of nitrogens with one attached hydrogen (secondary N) is 1. The highest BCUT2D eigenvalue weighted by Gasteiger charge is 2.18. The summed E-state index contributed by atoms with van der Waals surface area (Å²) >= 11 is 0. The van der Waals surface area contributed by atoms with E-state index in [9.17, 15) is 9.18 Å². The lowest BCUT2D eigenvalue weighted by molar-refractivity contribution is 0.101. The van der Waals surface area contributed by atoms with Crippen LogP contribution in [0.1, 0.15) is 21.7 Å². The largest absolute Gasteiger partial charge is 0.449 e. The minimum absolute atomic E-state index is 0.128. The van der Waals surface area contributed by atoms with Crippen LogP contribution in [-0.2, 0) is 6.42 Å². The summed E-state index contributed by atoms with van der Waals surface area (Å²) in [6, 6.07) is 11.8. The Morgan fingerprint density at radius 1 is 1.19 bits per heavy atom. The third kappa shape index (κ3) is 1.91. The Kier molecular flexibility index (Phi) is 2.57. The summed E-state index contributed by atoms with van der Waals surface area (Å²) < 4.78 is 19.0. The van der Waals surface area contributed by atoms with Gasteiger partial charge in [-0.15, -0.1) is 0 Å². The Morgan fingerprint density at radius 2 is 2.10 bits per heavy atom. The van der Waals surface area contributed by atoms with Gasteiger partial charge in [0.05, 0.1) is 0 Å². The predicted molar refractivity (Wildman–Crippen MR) is 78.2 cm³/mol. The van der Waals surface area contributed by atoms with Gasteiger partial charge in [0.15, 0.2) is 17.2 Å². The smallest absolute Gasteiger partial charge is 0.228 e. The third-order valence-electron chi connectivity index (χ3n) is 3.80. The maximum atomic E-state index is 13.6. The first-order valence-electron chi connectivity index (χ1n) is 6.82. The quantitative estimate of drug-likeness (QED) is 0.727.